The van der Waals surface area contributed by atoms with Crippen molar-refractivity contribution in [2.75, 3.05) is 17.5 Å². The fourth-order valence-electron chi connectivity index (χ4n) is 3.09. The van der Waals surface area contributed by atoms with Crippen molar-refractivity contribution in [3.8, 4) is 0 Å². The lowest BCUT2D eigenvalue weighted by molar-refractivity contribution is 0.150. The van der Waals surface area contributed by atoms with Gasteiger partial charge in [0.1, 0.15) is 0 Å². The van der Waals surface area contributed by atoms with E-state index >= 15 is 0 Å². The van der Waals surface area contributed by atoms with Crippen LogP contribution in [-0.2, 0) is 0 Å². The van der Waals surface area contributed by atoms with E-state index < -0.39 is 0 Å². The van der Waals surface area contributed by atoms with Gasteiger partial charge in [-0.3, -0.25) is 4.90 Å². The summed E-state index contributed by atoms with van der Waals surface area (Å²) in [5.74, 6) is 0.924. The molecule has 2 aliphatic rings. The average molecular weight is 322 g/mol. The lowest BCUT2D eigenvalue weighted by atomic mass is 9.99. The molecule has 2 heterocycles. The number of alkyl halides is 1. The molecule has 0 aromatic carbocycles. The maximum atomic E-state index is 3.58. The smallest absolute Gasteiger partial charge is 0.0239 e. The molecule has 0 spiro atoms. The summed E-state index contributed by atoms with van der Waals surface area (Å²) in [6.07, 6.45) is 4.13. The van der Waals surface area contributed by atoms with E-state index in [1.165, 1.54) is 36.8 Å². The van der Waals surface area contributed by atoms with Crippen molar-refractivity contribution >= 4 is 22.6 Å². The Morgan fingerprint density at radius 2 is 2.33 bits per heavy atom. The van der Waals surface area contributed by atoms with Gasteiger partial charge in [-0.15, -0.1) is 0 Å². The summed E-state index contributed by atoms with van der Waals surface area (Å²) in [5.41, 5.74) is 0. The summed E-state index contributed by atoms with van der Waals surface area (Å²) in [6, 6.07) is 2.44. The van der Waals surface area contributed by atoms with Gasteiger partial charge in [0.05, 0.1) is 0 Å². The number of halogens is 1. The van der Waals surface area contributed by atoms with Gasteiger partial charge in [-0.25, -0.2) is 0 Å². The molecule has 4 atom stereocenters. The van der Waals surface area contributed by atoms with Crippen LogP contribution in [0.1, 0.15) is 33.1 Å². The van der Waals surface area contributed by atoms with E-state index in [9.17, 15) is 0 Å². The molecule has 0 aliphatic carbocycles. The largest absolute Gasteiger partial charge is 0.311 e. The average Bonchev–Trinajstić information content (AvgIpc) is 2.87. The van der Waals surface area contributed by atoms with E-state index in [1.807, 2.05) is 0 Å². The highest BCUT2D eigenvalue weighted by Gasteiger charge is 2.39. The zero-order chi connectivity index (χ0) is 10.8. The van der Waals surface area contributed by atoms with Crippen LogP contribution in [0, 0.1) is 5.92 Å². The molecule has 2 unspecified atom stereocenters. The first-order valence-electron chi connectivity index (χ1n) is 6.29. The molecule has 2 saturated heterocycles. The van der Waals surface area contributed by atoms with Crippen LogP contribution >= 0.6 is 22.6 Å². The van der Waals surface area contributed by atoms with Gasteiger partial charge >= 0.3 is 0 Å². The predicted molar refractivity (Wildman–Crippen MR) is 73.6 cm³/mol. The van der Waals surface area contributed by atoms with Gasteiger partial charge in [-0.1, -0.05) is 35.9 Å². The van der Waals surface area contributed by atoms with E-state index in [1.54, 1.807) is 0 Å². The predicted octanol–water partition coefficient (Wildman–Crippen LogP) is 2.27. The summed E-state index contributed by atoms with van der Waals surface area (Å²) in [4.78, 5) is 2.75. The van der Waals surface area contributed by atoms with Crippen LogP contribution < -0.4 is 5.32 Å². The Balaban J connectivity index is 1.83. The monoisotopic (exact) mass is 322 g/mol. The molecule has 2 aliphatic heterocycles. The number of nitrogens with one attached hydrogen (secondary N) is 1. The second kappa shape index (κ2) is 5.32. The summed E-state index contributed by atoms with van der Waals surface area (Å²) >= 11 is 2.54. The van der Waals surface area contributed by atoms with Gasteiger partial charge in [0.25, 0.3) is 0 Å². The summed E-state index contributed by atoms with van der Waals surface area (Å²) in [7, 11) is 0. The molecule has 3 heteroatoms. The number of hydrogen-bond donors (Lipinski definition) is 1. The van der Waals surface area contributed by atoms with E-state index in [2.05, 4.69) is 46.7 Å². The highest BCUT2D eigenvalue weighted by Crippen LogP contribution is 2.28. The molecule has 2 nitrogen and oxygen atoms in total. The lowest BCUT2D eigenvalue weighted by Gasteiger charge is -2.34. The Kier molecular flexibility index (Phi) is 4.30. The van der Waals surface area contributed by atoms with Crippen LogP contribution in [0.4, 0.5) is 0 Å². The van der Waals surface area contributed by atoms with Crippen molar-refractivity contribution in [3.05, 3.63) is 0 Å². The molecule has 1 N–H and O–H groups in total. The Labute approximate surface area is 107 Å². The fourth-order valence-corrected chi connectivity index (χ4v) is 4.07. The topological polar surface area (TPSA) is 15.3 Å². The fraction of sp³-hybridized carbons (Fsp3) is 1.00. The Hall–Kier alpha value is 0.650. The third-order valence-electron chi connectivity index (χ3n) is 4.14. The second-order valence-electron chi connectivity index (χ2n) is 5.20. The van der Waals surface area contributed by atoms with E-state index in [-0.39, 0.29) is 0 Å². The molecule has 0 amide bonds. The second-order valence-corrected chi connectivity index (χ2v) is 6.09. The first-order valence-corrected chi connectivity index (χ1v) is 7.82. The number of fused-ring (bicyclic) bond motifs is 2. The molecule has 88 valence electrons. The molecule has 0 aromatic heterocycles. The minimum absolute atomic E-state index is 0.793. The van der Waals surface area contributed by atoms with Gasteiger partial charge in [-0.05, 0) is 25.7 Å². The van der Waals surface area contributed by atoms with Crippen LogP contribution in [0.15, 0.2) is 0 Å². The van der Waals surface area contributed by atoms with Gasteiger partial charge in [0.2, 0.25) is 0 Å². The van der Waals surface area contributed by atoms with Crippen molar-refractivity contribution in [1.29, 1.82) is 0 Å². The van der Waals surface area contributed by atoms with Crippen LogP contribution in [0.5, 0.6) is 0 Å². The van der Waals surface area contributed by atoms with Crippen molar-refractivity contribution in [3.63, 3.8) is 0 Å². The molecule has 0 radical (unpaired) electrons. The number of hydrogen-bond acceptors (Lipinski definition) is 2. The molecule has 2 rings (SSSR count). The summed E-state index contributed by atoms with van der Waals surface area (Å²) in [6.45, 7) is 7.28. The summed E-state index contributed by atoms with van der Waals surface area (Å²) < 4.78 is 1.32. The van der Waals surface area contributed by atoms with E-state index in [4.69, 9.17) is 0 Å². The molecule has 2 bridgehead atoms. The normalized spacial score (nSPS) is 34.6. The van der Waals surface area contributed by atoms with Gasteiger partial charge in [0, 0.05) is 35.6 Å². The van der Waals surface area contributed by atoms with Gasteiger partial charge in [-0.2, -0.15) is 0 Å². The molecule has 2 fully saturated rings. The Morgan fingerprint density at radius 1 is 1.53 bits per heavy atom. The number of likely N-dealkylation sites (tertiary alicyclic amines) is 1. The molecular formula is C12H23IN2. The third-order valence-corrected chi connectivity index (χ3v) is 5.38. The summed E-state index contributed by atoms with van der Waals surface area (Å²) in [5, 5.41) is 3.58. The zero-order valence-electron chi connectivity index (χ0n) is 9.88. The molecule has 0 saturated carbocycles. The van der Waals surface area contributed by atoms with Crippen molar-refractivity contribution in [2.24, 2.45) is 5.92 Å². The maximum absolute atomic E-state index is 3.58. The minimum Gasteiger partial charge on any atom is -0.311 e. The van der Waals surface area contributed by atoms with Crippen LogP contribution in [0.25, 0.3) is 0 Å². The zero-order valence-corrected chi connectivity index (χ0v) is 12.0. The first kappa shape index (κ1) is 12.1. The minimum atomic E-state index is 0.793. The quantitative estimate of drug-likeness (QED) is 0.617. The van der Waals surface area contributed by atoms with Crippen LogP contribution in [-0.4, -0.2) is 40.5 Å². The lowest BCUT2D eigenvalue weighted by Crippen LogP contribution is -2.48. The van der Waals surface area contributed by atoms with E-state index in [0.717, 1.165) is 24.0 Å². The highest BCUT2D eigenvalue weighted by molar-refractivity contribution is 14.1. The van der Waals surface area contributed by atoms with Crippen molar-refractivity contribution in [1.82, 2.24) is 10.2 Å². The Bertz CT molecular complexity index is 206. The Morgan fingerprint density at radius 3 is 2.80 bits per heavy atom. The van der Waals surface area contributed by atoms with Crippen LogP contribution in [0.3, 0.4) is 0 Å². The van der Waals surface area contributed by atoms with Crippen molar-refractivity contribution in [2.45, 2.75) is 51.2 Å². The van der Waals surface area contributed by atoms with Crippen LogP contribution in [0.2, 0.25) is 0 Å². The van der Waals surface area contributed by atoms with Gasteiger partial charge < -0.3 is 5.32 Å². The first-order chi connectivity index (χ1) is 7.24. The molecular weight excluding hydrogens is 299 g/mol. The van der Waals surface area contributed by atoms with E-state index in [0.29, 0.717) is 0 Å². The molecule has 15 heavy (non-hydrogen) atoms. The van der Waals surface area contributed by atoms with Gasteiger partial charge in [0.15, 0.2) is 0 Å². The number of rotatable bonds is 5. The maximum Gasteiger partial charge on any atom is 0.0239 e. The van der Waals surface area contributed by atoms with Crippen molar-refractivity contribution < 1.29 is 0 Å². The number of piperazine rings is 1. The highest BCUT2D eigenvalue weighted by atomic mass is 127. The molecule has 0 aromatic rings. The standard InChI is InChI=1S/C12H23IN2/c1-3-10(6-13)4-9(2)15-8-11-5-12(15)7-14-11/h9-12,14H,3-8H2,1-2H3/t9?,10?,11-,12-/m0/s1. The number of nitrogens with zero attached hydrogens (tertiary/aromatic N) is 1. The third kappa shape index (κ3) is 2.67. The SMILES string of the molecule is CCC(CI)CC(C)N1C[C@@H]2C[C@H]1CN2.